The van der Waals surface area contributed by atoms with Gasteiger partial charge in [0.1, 0.15) is 12.0 Å². The minimum atomic E-state index is 0.482. The van der Waals surface area contributed by atoms with Crippen molar-refractivity contribution >= 4 is 5.76 Å². The van der Waals surface area contributed by atoms with E-state index in [0.29, 0.717) is 19.0 Å². The smallest absolute Gasteiger partial charge is 0.160 e. The molecule has 0 heterocycles. The van der Waals surface area contributed by atoms with Crippen molar-refractivity contribution < 1.29 is 19.3 Å². The van der Waals surface area contributed by atoms with Gasteiger partial charge in [0.2, 0.25) is 0 Å². The quantitative estimate of drug-likeness (QED) is 0.485. The molecule has 0 aliphatic heterocycles. The first kappa shape index (κ1) is 18.9. The van der Waals surface area contributed by atoms with Crippen LogP contribution in [0.3, 0.4) is 0 Å². The van der Waals surface area contributed by atoms with Crippen molar-refractivity contribution in [2.45, 2.75) is 19.8 Å². The first-order valence-electron chi connectivity index (χ1n) is 8.58. The van der Waals surface area contributed by atoms with Crippen molar-refractivity contribution in [3.8, 4) is 16.9 Å². The number of hydrogen-bond acceptors (Lipinski definition) is 4. The third-order valence-electron chi connectivity index (χ3n) is 3.79. The second kappa shape index (κ2) is 10.4. The van der Waals surface area contributed by atoms with Crippen LogP contribution in [0, 0.1) is 0 Å². The molecule has 2 aromatic rings. The van der Waals surface area contributed by atoms with Crippen LogP contribution in [0.5, 0.6) is 5.75 Å². The monoisotopic (exact) mass is 342 g/mol. The van der Waals surface area contributed by atoms with E-state index in [0.717, 1.165) is 48.2 Å². The molecular weight excluding hydrogens is 316 g/mol. The predicted octanol–water partition coefficient (Wildman–Crippen LogP) is 5.05. The van der Waals surface area contributed by atoms with Gasteiger partial charge < -0.3 is 19.3 Å². The first-order chi connectivity index (χ1) is 12.3. The Balaban J connectivity index is 1.97. The summed E-state index contributed by atoms with van der Waals surface area (Å²) in [6, 6.07) is 15.9. The van der Waals surface area contributed by atoms with Crippen LogP contribution in [0.4, 0.5) is 0 Å². The number of benzene rings is 2. The molecular formula is C21H26O4. The lowest BCUT2D eigenvalue weighted by atomic mass is 10.0. The Bertz CT molecular complexity index is 645. The van der Waals surface area contributed by atoms with Crippen LogP contribution >= 0.6 is 0 Å². The lowest BCUT2D eigenvalue weighted by Crippen LogP contribution is -1.98. The minimum absolute atomic E-state index is 0.482. The number of ether oxygens (including phenoxy) is 3. The number of methoxy groups -OCH3 is 1. The molecule has 0 radical (unpaired) electrons. The molecule has 1 N–H and O–H groups in total. The summed E-state index contributed by atoms with van der Waals surface area (Å²) in [7, 11) is 1.69. The highest BCUT2D eigenvalue weighted by Gasteiger charge is 2.05. The van der Waals surface area contributed by atoms with Crippen LogP contribution in [0.1, 0.15) is 25.3 Å². The molecule has 2 aromatic carbocycles. The molecule has 0 aromatic heterocycles. The SMILES string of the molecule is CCOc1ccc(-c2ccc(/C(=C/O)OCCCCOC)cc2)cc1. The molecule has 0 aliphatic rings. The first-order valence-corrected chi connectivity index (χ1v) is 8.58. The van der Waals surface area contributed by atoms with E-state index in [1.54, 1.807) is 7.11 Å². The number of unbranched alkanes of at least 4 members (excludes halogenated alkanes) is 1. The second-order valence-electron chi connectivity index (χ2n) is 5.58. The Kier molecular flexibility index (Phi) is 7.86. The zero-order chi connectivity index (χ0) is 17.9. The van der Waals surface area contributed by atoms with Gasteiger partial charge in [0.15, 0.2) is 5.76 Å². The highest BCUT2D eigenvalue weighted by atomic mass is 16.5. The third kappa shape index (κ3) is 5.84. The third-order valence-corrected chi connectivity index (χ3v) is 3.79. The van der Waals surface area contributed by atoms with Gasteiger partial charge in [-0.3, -0.25) is 0 Å². The van der Waals surface area contributed by atoms with E-state index in [-0.39, 0.29) is 0 Å². The average molecular weight is 342 g/mol. The van der Waals surface area contributed by atoms with E-state index in [4.69, 9.17) is 14.2 Å². The van der Waals surface area contributed by atoms with Crippen molar-refractivity contribution in [3.05, 3.63) is 60.4 Å². The lowest BCUT2D eigenvalue weighted by Gasteiger charge is -2.11. The van der Waals surface area contributed by atoms with Crippen LogP contribution in [0.25, 0.3) is 16.9 Å². The van der Waals surface area contributed by atoms with Gasteiger partial charge in [-0.1, -0.05) is 36.4 Å². The number of rotatable bonds is 10. The van der Waals surface area contributed by atoms with E-state index >= 15 is 0 Å². The van der Waals surface area contributed by atoms with E-state index < -0.39 is 0 Å². The Morgan fingerprint density at radius 2 is 1.52 bits per heavy atom. The van der Waals surface area contributed by atoms with Crippen molar-refractivity contribution in [1.29, 1.82) is 0 Å². The fourth-order valence-corrected chi connectivity index (χ4v) is 2.46. The molecule has 0 unspecified atom stereocenters. The highest BCUT2D eigenvalue weighted by Crippen LogP contribution is 2.25. The number of hydrogen-bond donors (Lipinski definition) is 1. The van der Waals surface area contributed by atoms with Gasteiger partial charge in [0.05, 0.1) is 13.2 Å². The maximum Gasteiger partial charge on any atom is 0.160 e. The molecule has 2 rings (SSSR count). The second-order valence-corrected chi connectivity index (χ2v) is 5.58. The molecule has 0 saturated carbocycles. The maximum absolute atomic E-state index is 9.42. The molecule has 0 atom stereocenters. The Morgan fingerprint density at radius 3 is 2.08 bits per heavy atom. The molecule has 0 bridgehead atoms. The van der Waals surface area contributed by atoms with Crippen molar-refractivity contribution in [2.24, 2.45) is 0 Å². The summed E-state index contributed by atoms with van der Waals surface area (Å²) < 4.78 is 16.1. The van der Waals surface area contributed by atoms with E-state index in [2.05, 4.69) is 0 Å². The summed E-state index contributed by atoms with van der Waals surface area (Å²) in [5, 5.41) is 9.42. The van der Waals surface area contributed by atoms with Gasteiger partial charge in [-0.05, 0) is 43.0 Å². The minimum Gasteiger partial charge on any atom is -0.512 e. The molecule has 134 valence electrons. The van der Waals surface area contributed by atoms with Gasteiger partial charge in [0.25, 0.3) is 0 Å². The molecule has 0 amide bonds. The van der Waals surface area contributed by atoms with Crippen molar-refractivity contribution in [2.75, 3.05) is 26.9 Å². The van der Waals surface area contributed by atoms with Crippen molar-refractivity contribution in [3.63, 3.8) is 0 Å². The normalized spacial score (nSPS) is 11.4. The Hall–Kier alpha value is -2.46. The largest absolute Gasteiger partial charge is 0.512 e. The summed E-state index contributed by atoms with van der Waals surface area (Å²) in [5.41, 5.74) is 3.07. The topological polar surface area (TPSA) is 47.9 Å². The Labute approximate surface area is 149 Å². The van der Waals surface area contributed by atoms with Crippen LogP contribution in [0.15, 0.2) is 54.8 Å². The molecule has 0 aliphatic carbocycles. The summed E-state index contributed by atoms with van der Waals surface area (Å²) in [6.07, 6.45) is 2.84. The maximum atomic E-state index is 9.42. The molecule has 4 nitrogen and oxygen atoms in total. The molecule has 0 spiro atoms. The van der Waals surface area contributed by atoms with Gasteiger partial charge in [-0.15, -0.1) is 0 Å². The van der Waals surface area contributed by atoms with Crippen LogP contribution in [0.2, 0.25) is 0 Å². The standard InChI is InChI=1S/C21H26O4/c1-3-24-20-12-10-18(11-13-20)17-6-8-19(9-7-17)21(16-22)25-15-5-4-14-23-2/h6-13,16,22H,3-5,14-15H2,1-2H3/b21-16-. The fourth-order valence-electron chi connectivity index (χ4n) is 2.46. The van der Waals surface area contributed by atoms with Crippen LogP contribution in [-0.4, -0.2) is 32.0 Å². The number of aliphatic hydroxyl groups excluding tert-OH is 1. The van der Waals surface area contributed by atoms with E-state index in [1.165, 1.54) is 0 Å². The summed E-state index contributed by atoms with van der Waals surface area (Å²) in [4.78, 5) is 0. The predicted molar refractivity (Wildman–Crippen MR) is 101 cm³/mol. The summed E-state index contributed by atoms with van der Waals surface area (Å²) in [5.74, 6) is 1.35. The van der Waals surface area contributed by atoms with Crippen LogP contribution in [-0.2, 0) is 9.47 Å². The summed E-state index contributed by atoms with van der Waals surface area (Å²) in [6.45, 7) is 3.91. The van der Waals surface area contributed by atoms with E-state index in [1.807, 2.05) is 55.5 Å². The highest BCUT2D eigenvalue weighted by molar-refractivity contribution is 5.68. The van der Waals surface area contributed by atoms with Gasteiger partial charge >= 0.3 is 0 Å². The van der Waals surface area contributed by atoms with Gasteiger partial charge in [0, 0.05) is 19.3 Å². The zero-order valence-corrected chi connectivity index (χ0v) is 14.9. The molecule has 0 saturated heterocycles. The van der Waals surface area contributed by atoms with Gasteiger partial charge in [-0.25, -0.2) is 0 Å². The molecule has 25 heavy (non-hydrogen) atoms. The van der Waals surface area contributed by atoms with Crippen LogP contribution < -0.4 is 4.74 Å². The van der Waals surface area contributed by atoms with Crippen molar-refractivity contribution in [1.82, 2.24) is 0 Å². The fraction of sp³-hybridized carbons (Fsp3) is 0.333. The van der Waals surface area contributed by atoms with E-state index in [9.17, 15) is 5.11 Å². The zero-order valence-electron chi connectivity index (χ0n) is 14.9. The number of aliphatic hydroxyl groups is 1. The lowest BCUT2D eigenvalue weighted by molar-refractivity contribution is 0.179. The average Bonchev–Trinajstić information content (AvgIpc) is 2.66. The summed E-state index contributed by atoms with van der Waals surface area (Å²) >= 11 is 0. The Morgan fingerprint density at radius 1 is 0.920 bits per heavy atom. The molecule has 0 fully saturated rings. The molecule has 4 heteroatoms. The van der Waals surface area contributed by atoms with Gasteiger partial charge in [-0.2, -0.15) is 0 Å².